The highest BCUT2D eigenvalue weighted by atomic mass is 79.9. The molecule has 0 saturated heterocycles. The quantitative estimate of drug-likeness (QED) is 0.938. The Morgan fingerprint density at radius 1 is 1.44 bits per heavy atom. The van der Waals surface area contributed by atoms with Crippen molar-refractivity contribution < 1.29 is 4.39 Å². The molecule has 2 aromatic rings. The Bertz CT molecular complexity index is 578. The zero-order valence-electron chi connectivity index (χ0n) is 10.4. The molecule has 2 rings (SSSR count). The summed E-state index contributed by atoms with van der Waals surface area (Å²) in [4.78, 5) is 4.46. The minimum absolute atomic E-state index is 0.290. The molecule has 0 fully saturated rings. The maximum Gasteiger partial charge on any atom is 0.137 e. The van der Waals surface area contributed by atoms with E-state index in [1.165, 1.54) is 6.07 Å². The fourth-order valence-electron chi connectivity index (χ4n) is 1.94. The molecule has 3 nitrogen and oxygen atoms in total. The van der Waals surface area contributed by atoms with E-state index in [0.717, 1.165) is 24.4 Å². The van der Waals surface area contributed by atoms with Gasteiger partial charge in [-0.05, 0) is 47.5 Å². The number of nitrogen functional groups attached to an aromatic ring is 1. The molecule has 1 aromatic carbocycles. The minimum Gasteiger partial charge on any atom is -0.383 e. The summed E-state index contributed by atoms with van der Waals surface area (Å²) in [6, 6.07) is 4.80. The summed E-state index contributed by atoms with van der Waals surface area (Å²) in [7, 11) is 0. The molecule has 0 saturated carbocycles. The predicted molar refractivity (Wildman–Crippen MR) is 74.8 cm³/mol. The van der Waals surface area contributed by atoms with Gasteiger partial charge >= 0.3 is 0 Å². The number of hydrogen-bond donors (Lipinski definition) is 1. The molecule has 1 heterocycles. The van der Waals surface area contributed by atoms with Crippen molar-refractivity contribution in [3.8, 4) is 11.3 Å². The van der Waals surface area contributed by atoms with Crippen molar-refractivity contribution >= 4 is 21.7 Å². The third-order valence-corrected chi connectivity index (χ3v) is 3.45. The molecular formula is C13H15BrFN3. The van der Waals surface area contributed by atoms with Crippen LogP contribution in [-0.2, 0) is 6.54 Å². The number of rotatable bonds is 3. The third-order valence-electron chi connectivity index (χ3n) is 2.84. The van der Waals surface area contributed by atoms with Gasteiger partial charge in [-0.3, -0.25) is 0 Å². The van der Waals surface area contributed by atoms with Crippen molar-refractivity contribution in [2.75, 3.05) is 5.73 Å². The molecule has 96 valence electrons. The maximum atomic E-state index is 13.2. The largest absolute Gasteiger partial charge is 0.383 e. The Balaban J connectivity index is 2.50. The van der Waals surface area contributed by atoms with E-state index >= 15 is 0 Å². The van der Waals surface area contributed by atoms with Crippen LogP contribution in [-0.4, -0.2) is 9.55 Å². The fourth-order valence-corrected chi connectivity index (χ4v) is 2.32. The molecule has 0 spiro atoms. The van der Waals surface area contributed by atoms with Gasteiger partial charge in [-0.2, -0.15) is 0 Å². The van der Waals surface area contributed by atoms with E-state index < -0.39 is 0 Å². The number of aryl methyl sites for hydroxylation is 1. The minimum atomic E-state index is -0.290. The number of imidazole rings is 1. The van der Waals surface area contributed by atoms with Crippen LogP contribution < -0.4 is 5.73 Å². The lowest BCUT2D eigenvalue weighted by atomic mass is 10.1. The molecule has 1 aromatic heterocycles. The molecular weight excluding hydrogens is 297 g/mol. The number of nitrogens with zero attached hydrogens (tertiary/aromatic N) is 2. The monoisotopic (exact) mass is 311 g/mol. The van der Waals surface area contributed by atoms with Crippen molar-refractivity contribution in [1.29, 1.82) is 0 Å². The molecule has 0 atom stereocenters. The first-order valence-corrected chi connectivity index (χ1v) is 6.62. The van der Waals surface area contributed by atoms with Crippen molar-refractivity contribution in [1.82, 2.24) is 9.55 Å². The zero-order chi connectivity index (χ0) is 13.3. The second kappa shape index (κ2) is 5.10. The summed E-state index contributed by atoms with van der Waals surface area (Å²) in [6.45, 7) is 4.86. The SMILES string of the molecule is CCCn1c(C)nc(-c2ccc(F)c(Br)c2)c1N. The summed E-state index contributed by atoms with van der Waals surface area (Å²) in [5.41, 5.74) is 7.63. The number of aromatic nitrogens is 2. The van der Waals surface area contributed by atoms with Gasteiger partial charge in [0, 0.05) is 12.1 Å². The van der Waals surface area contributed by atoms with E-state index in [-0.39, 0.29) is 5.82 Å². The van der Waals surface area contributed by atoms with E-state index in [2.05, 4.69) is 27.8 Å². The standard InChI is InChI=1S/C13H15BrFN3/c1-3-6-18-8(2)17-12(13(18)16)9-4-5-11(15)10(14)7-9/h4-5,7H,3,6,16H2,1-2H3. The molecule has 0 radical (unpaired) electrons. The Morgan fingerprint density at radius 3 is 2.78 bits per heavy atom. The summed E-state index contributed by atoms with van der Waals surface area (Å²) in [6.07, 6.45) is 0.994. The topological polar surface area (TPSA) is 43.8 Å². The molecule has 0 amide bonds. The van der Waals surface area contributed by atoms with Gasteiger partial charge in [0.05, 0.1) is 4.47 Å². The highest BCUT2D eigenvalue weighted by Crippen LogP contribution is 2.29. The van der Waals surface area contributed by atoms with Gasteiger partial charge in [0.25, 0.3) is 0 Å². The van der Waals surface area contributed by atoms with Gasteiger partial charge in [-0.1, -0.05) is 6.92 Å². The summed E-state index contributed by atoms with van der Waals surface area (Å²) < 4.78 is 15.6. The van der Waals surface area contributed by atoms with Gasteiger partial charge < -0.3 is 10.3 Å². The van der Waals surface area contributed by atoms with Crippen molar-refractivity contribution in [2.24, 2.45) is 0 Å². The lowest BCUT2D eigenvalue weighted by Gasteiger charge is -2.05. The van der Waals surface area contributed by atoms with Crippen LogP contribution in [0.4, 0.5) is 10.2 Å². The van der Waals surface area contributed by atoms with Crippen LogP contribution in [0.2, 0.25) is 0 Å². The van der Waals surface area contributed by atoms with Gasteiger partial charge in [0.2, 0.25) is 0 Å². The van der Waals surface area contributed by atoms with Gasteiger partial charge in [-0.15, -0.1) is 0 Å². The average molecular weight is 312 g/mol. The van der Waals surface area contributed by atoms with Crippen LogP contribution in [0.15, 0.2) is 22.7 Å². The van der Waals surface area contributed by atoms with E-state index in [4.69, 9.17) is 5.73 Å². The van der Waals surface area contributed by atoms with E-state index in [1.807, 2.05) is 11.5 Å². The third kappa shape index (κ3) is 2.27. The van der Waals surface area contributed by atoms with Gasteiger partial charge in [0.1, 0.15) is 23.2 Å². The highest BCUT2D eigenvalue weighted by molar-refractivity contribution is 9.10. The molecule has 0 bridgehead atoms. The second-order valence-electron chi connectivity index (χ2n) is 4.17. The average Bonchev–Trinajstić information content (AvgIpc) is 2.61. The molecule has 2 N–H and O–H groups in total. The van der Waals surface area contributed by atoms with Crippen LogP contribution in [0, 0.1) is 12.7 Å². The van der Waals surface area contributed by atoms with E-state index in [9.17, 15) is 4.39 Å². The van der Waals surface area contributed by atoms with Gasteiger partial charge in [-0.25, -0.2) is 9.37 Å². The molecule has 5 heteroatoms. The Hall–Kier alpha value is -1.36. The molecule has 0 aliphatic rings. The van der Waals surface area contributed by atoms with Crippen molar-refractivity contribution in [2.45, 2.75) is 26.8 Å². The first-order chi connectivity index (χ1) is 8.54. The number of halogens is 2. The zero-order valence-corrected chi connectivity index (χ0v) is 12.0. The number of anilines is 1. The molecule has 0 aliphatic carbocycles. The predicted octanol–water partition coefficient (Wildman–Crippen LogP) is 3.75. The molecule has 0 aliphatic heterocycles. The summed E-state index contributed by atoms with van der Waals surface area (Å²) >= 11 is 3.17. The smallest absolute Gasteiger partial charge is 0.137 e. The first-order valence-electron chi connectivity index (χ1n) is 5.82. The Morgan fingerprint density at radius 2 is 2.17 bits per heavy atom. The number of hydrogen-bond acceptors (Lipinski definition) is 2. The first kappa shape index (κ1) is 13.1. The Kier molecular flexibility index (Phi) is 3.71. The second-order valence-corrected chi connectivity index (χ2v) is 5.03. The summed E-state index contributed by atoms with van der Waals surface area (Å²) in [5, 5.41) is 0. The van der Waals surface area contributed by atoms with Crippen LogP contribution in [0.5, 0.6) is 0 Å². The van der Waals surface area contributed by atoms with Crippen molar-refractivity contribution in [3.05, 3.63) is 34.3 Å². The summed E-state index contributed by atoms with van der Waals surface area (Å²) in [5.74, 6) is 1.22. The van der Waals surface area contributed by atoms with Crippen LogP contribution in [0.1, 0.15) is 19.2 Å². The lowest BCUT2D eigenvalue weighted by molar-refractivity contribution is 0.621. The maximum absolute atomic E-state index is 13.2. The van der Waals surface area contributed by atoms with Crippen molar-refractivity contribution in [3.63, 3.8) is 0 Å². The van der Waals surface area contributed by atoms with E-state index in [1.54, 1.807) is 12.1 Å². The molecule has 0 unspecified atom stereocenters. The van der Waals surface area contributed by atoms with E-state index in [0.29, 0.717) is 16.0 Å². The van der Waals surface area contributed by atoms with Crippen LogP contribution in [0.3, 0.4) is 0 Å². The van der Waals surface area contributed by atoms with Crippen LogP contribution in [0.25, 0.3) is 11.3 Å². The Labute approximate surface area is 114 Å². The van der Waals surface area contributed by atoms with Crippen LogP contribution >= 0.6 is 15.9 Å². The number of nitrogens with two attached hydrogens (primary N) is 1. The van der Waals surface area contributed by atoms with Gasteiger partial charge in [0.15, 0.2) is 0 Å². The highest BCUT2D eigenvalue weighted by Gasteiger charge is 2.14. The lowest BCUT2D eigenvalue weighted by Crippen LogP contribution is -2.04. The molecule has 18 heavy (non-hydrogen) atoms. The normalized spacial score (nSPS) is 10.9. The number of benzene rings is 1. The fraction of sp³-hybridized carbons (Fsp3) is 0.308.